The molecule has 2 amide bonds. The van der Waals surface area contributed by atoms with Gasteiger partial charge in [-0.2, -0.15) is 5.26 Å². The standard InChI is InChI=1S/C44H24N6O2/c1-46-33-19-32(25-48-26-33)30-15-17-36-35-16-14-29(31-18-27(22-45)23-47-24-31)20-40(35)49(41(36)21-30)39-13-7-11-37-42(39)44(52)50(43(37)51)38-12-6-5-10-34(38)28-8-3-2-4-9-28/h2-21,23-26H. The van der Waals surface area contributed by atoms with Crippen LogP contribution in [0.4, 0.5) is 11.4 Å². The Morgan fingerprint density at radius 1 is 0.577 bits per heavy atom. The lowest BCUT2D eigenvalue weighted by Crippen LogP contribution is -2.30. The quantitative estimate of drug-likeness (QED) is 0.134. The molecule has 0 N–H and O–H groups in total. The van der Waals surface area contributed by atoms with Gasteiger partial charge in [0.1, 0.15) is 6.07 Å². The Labute approximate surface area is 297 Å². The Morgan fingerprint density at radius 2 is 1.21 bits per heavy atom. The van der Waals surface area contributed by atoms with E-state index in [2.05, 4.69) is 20.9 Å². The van der Waals surface area contributed by atoms with E-state index in [-0.39, 0.29) is 0 Å². The highest BCUT2D eigenvalue weighted by atomic mass is 16.2. The molecule has 0 saturated carbocycles. The van der Waals surface area contributed by atoms with Gasteiger partial charge in [-0.3, -0.25) is 19.6 Å². The van der Waals surface area contributed by atoms with E-state index in [4.69, 9.17) is 6.57 Å². The summed E-state index contributed by atoms with van der Waals surface area (Å²) in [6.45, 7) is 7.51. The van der Waals surface area contributed by atoms with E-state index in [0.29, 0.717) is 33.8 Å². The predicted octanol–water partition coefficient (Wildman–Crippen LogP) is 9.80. The summed E-state index contributed by atoms with van der Waals surface area (Å²) in [5.74, 6) is -0.810. The SMILES string of the molecule is [C-]#[N+]c1cncc(-c2ccc3c4ccc(-c5cncc(C#N)c5)cc4n(-c4cccc5c4C(=O)N(c4ccccc4-c4ccccc4)C5=O)c3c2)c1. The second kappa shape index (κ2) is 12.0. The third-order valence-corrected chi connectivity index (χ3v) is 9.52. The normalized spacial score (nSPS) is 12.2. The molecule has 0 saturated heterocycles. The number of carbonyl (C=O) groups is 2. The molecule has 0 spiro atoms. The van der Waals surface area contributed by atoms with Gasteiger partial charge in [-0.05, 0) is 64.7 Å². The fourth-order valence-corrected chi connectivity index (χ4v) is 7.15. The number of benzene rings is 5. The summed E-state index contributed by atoms with van der Waals surface area (Å²) in [6, 6.07) is 40.4. The summed E-state index contributed by atoms with van der Waals surface area (Å²) >= 11 is 0. The number of pyridine rings is 2. The van der Waals surface area contributed by atoms with E-state index in [0.717, 1.165) is 55.2 Å². The van der Waals surface area contributed by atoms with Crippen LogP contribution in [-0.2, 0) is 0 Å². The van der Waals surface area contributed by atoms with Crippen LogP contribution in [0.15, 0.2) is 146 Å². The summed E-state index contributed by atoms with van der Waals surface area (Å²) in [6.07, 6.45) is 6.49. The Bertz CT molecular complexity index is 2760. The number of fused-ring (bicyclic) bond motifs is 4. The highest BCUT2D eigenvalue weighted by Crippen LogP contribution is 2.42. The zero-order chi connectivity index (χ0) is 35.3. The molecule has 9 rings (SSSR count). The Kier molecular flexibility index (Phi) is 7.03. The van der Waals surface area contributed by atoms with Crippen LogP contribution in [-0.4, -0.2) is 26.3 Å². The number of para-hydroxylation sites is 1. The first-order valence-electron chi connectivity index (χ1n) is 16.5. The van der Waals surface area contributed by atoms with E-state index < -0.39 is 11.8 Å². The molecule has 5 aromatic carbocycles. The van der Waals surface area contributed by atoms with Gasteiger partial charge in [0.2, 0.25) is 5.69 Å². The van der Waals surface area contributed by atoms with Gasteiger partial charge in [0.05, 0.1) is 45.7 Å². The third kappa shape index (κ3) is 4.75. The van der Waals surface area contributed by atoms with Crippen LogP contribution in [0.1, 0.15) is 26.3 Å². The minimum atomic E-state index is -0.416. The van der Waals surface area contributed by atoms with Crippen molar-refractivity contribution in [3.63, 3.8) is 0 Å². The molecule has 8 heteroatoms. The van der Waals surface area contributed by atoms with E-state index in [1.54, 1.807) is 42.7 Å². The number of carbonyl (C=O) groups excluding carboxylic acids is 2. The van der Waals surface area contributed by atoms with Gasteiger partial charge < -0.3 is 4.57 Å². The van der Waals surface area contributed by atoms with Crippen LogP contribution < -0.4 is 4.90 Å². The van der Waals surface area contributed by atoms with E-state index >= 15 is 0 Å². The molecule has 8 nitrogen and oxygen atoms in total. The van der Waals surface area contributed by atoms with Gasteiger partial charge in [-0.1, -0.05) is 78.9 Å². The van der Waals surface area contributed by atoms with Crippen molar-refractivity contribution in [2.75, 3.05) is 4.90 Å². The Balaban J connectivity index is 1.30. The third-order valence-electron chi connectivity index (χ3n) is 9.52. The molecule has 3 aromatic heterocycles. The van der Waals surface area contributed by atoms with Crippen molar-refractivity contribution in [2.45, 2.75) is 0 Å². The van der Waals surface area contributed by atoms with E-state index in [1.165, 1.54) is 17.3 Å². The average molecular weight is 669 g/mol. The molecule has 0 unspecified atom stereocenters. The highest BCUT2D eigenvalue weighted by molar-refractivity contribution is 6.36. The second-order valence-electron chi connectivity index (χ2n) is 12.4. The monoisotopic (exact) mass is 668 g/mol. The van der Waals surface area contributed by atoms with Gasteiger partial charge in [0.15, 0.2) is 0 Å². The number of amides is 2. The first-order chi connectivity index (χ1) is 25.5. The van der Waals surface area contributed by atoms with Crippen molar-refractivity contribution in [3.8, 4) is 45.1 Å². The molecule has 0 radical (unpaired) electrons. The Hall–Kier alpha value is -7.68. The van der Waals surface area contributed by atoms with Gasteiger partial charge in [-0.15, -0.1) is 0 Å². The van der Waals surface area contributed by atoms with Crippen molar-refractivity contribution in [2.24, 2.45) is 0 Å². The lowest BCUT2D eigenvalue weighted by atomic mass is 10.0. The minimum absolute atomic E-state index is 0.301. The van der Waals surface area contributed by atoms with Crippen LogP contribution in [0.5, 0.6) is 0 Å². The highest BCUT2D eigenvalue weighted by Gasteiger charge is 2.40. The molecular formula is C44H24N6O2. The number of imide groups is 1. The van der Waals surface area contributed by atoms with Crippen molar-refractivity contribution < 1.29 is 9.59 Å². The number of aromatic nitrogens is 3. The lowest BCUT2D eigenvalue weighted by molar-refractivity contribution is 0.0926. The van der Waals surface area contributed by atoms with Crippen LogP contribution in [0, 0.1) is 17.9 Å². The second-order valence-corrected chi connectivity index (χ2v) is 12.4. The molecule has 0 atom stereocenters. The maximum atomic E-state index is 14.7. The van der Waals surface area contributed by atoms with E-state index in [9.17, 15) is 14.9 Å². The summed E-state index contributed by atoms with van der Waals surface area (Å²) in [7, 11) is 0. The fraction of sp³-hybridized carbons (Fsp3) is 0. The van der Waals surface area contributed by atoms with Crippen molar-refractivity contribution in [1.82, 2.24) is 14.5 Å². The number of hydrogen-bond donors (Lipinski definition) is 0. The first-order valence-corrected chi connectivity index (χ1v) is 16.5. The van der Waals surface area contributed by atoms with Crippen LogP contribution in [0.25, 0.3) is 65.7 Å². The first kappa shape index (κ1) is 30.4. The van der Waals surface area contributed by atoms with E-state index in [1.807, 2.05) is 95.6 Å². The molecule has 1 aliphatic rings. The van der Waals surface area contributed by atoms with Crippen LogP contribution >= 0.6 is 0 Å². The van der Waals surface area contributed by atoms with Crippen molar-refractivity contribution in [1.29, 1.82) is 5.26 Å². The maximum absolute atomic E-state index is 14.7. The Morgan fingerprint density at radius 3 is 1.92 bits per heavy atom. The van der Waals surface area contributed by atoms with Gasteiger partial charge >= 0.3 is 0 Å². The topological polar surface area (TPSA) is 96.2 Å². The zero-order valence-electron chi connectivity index (χ0n) is 27.4. The van der Waals surface area contributed by atoms with Crippen molar-refractivity contribution >= 4 is 45.0 Å². The van der Waals surface area contributed by atoms with Crippen LogP contribution in [0.2, 0.25) is 0 Å². The largest absolute Gasteiger partial charge is 0.308 e. The number of nitrogens with zero attached hydrogens (tertiary/aromatic N) is 6. The average Bonchev–Trinajstić information content (AvgIpc) is 3.67. The van der Waals surface area contributed by atoms with Gasteiger partial charge in [-0.25, -0.2) is 9.74 Å². The summed E-state index contributed by atoms with van der Waals surface area (Å²) in [5, 5.41) is 11.4. The molecule has 4 heterocycles. The maximum Gasteiger partial charge on any atom is 0.268 e. The smallest absolute Gasteiger partial charge is 0.268 e. The molecule has 0 bridgehead atoms. The summed E-state index contributed by atoms with van der Waals surface area (Å²) < 4.78 is 2.03. The lowest BCUT2D eigenvalue weighted by Gasteiger charge is -2.19. The number of hydrogen-bond acceptors (Lipinski definition) is 5. The molecule has 242 valence electrons. The number of nitriles is 1. The molecule has 52 heavy (non-hydrogen) atoms. The molecular weight excluding hydrogens is 645 g/mol. The van der Waals surface area contributed by atoms with Crippen molar-refractivity contribution in [3.05, 3.63) is 174 Å². The summed E-state index contributed by atoms with van der Waals surface area (Å²) in [4.78, 5) is 42.4. The minimum Gasteiger partial charge on any atom is -0.308 e. The molecule has 0 aliphatic carbocycles. The van der Waals surface area contributed by atoms with Gasteiger partial charge in [0.25, 0.3) is 11.8 Å². The molecule has 8 aromatic rings. The number of anilines is 1. The summed E-state index contributed by atoms with van der Waals surface area (Å²) in [5.41, 5.74) is 9.05. The zero-order valence-corrected chi connectivity index (χ0v) is 27.4. The fourth-order valence-electron chi connectivity index (χ4n) is 7.15. The van der Waals surface area contributed by atoms with Crippen LogP contribution in [0.3, 0.4) is 0 Å². The molecule has 1 aliphatic heterocycles. The molecule has 0 fully saturated rings. The number of rotatable bonds is 5. The predicted molar refractivity (Wildman–Crippen MR) is 201 cm³/mol. The van der Waals surface area contributed by atoms with Gasteiger partial charge in [0, 0.05) is 46.7 Å².